The van der Waals surface area contributed by atoms with Crippen molar-refractivity contribution in [2.45, 2.75) is 50.8 Å². The number of hydrogen-bond acceptors (Lipinski definition) is 5. The number of rotatable bonds is 5. The molecule has 2 N–H and O–H groups in total. The fraction of sp³-hybridized carbons (Fsp3) is 0.833. The van der Waals surface area contributed by atoms with Crippen LogP contribution in [0.15, 0.2) is 4.52 Å². The monoisotopic (exact) mass is 255 g/mol. The molecule has 0 amide bonds. The minimum Gasteiger partial charge on any atom is -0.337 e. The van der Waals surface area contributed by atoms with Crippen LogP contribution in [0.25, 0.3) is 0 Å². The van der Waals surface area contributed by atoms with E-state index in [1.807, 2.05) is 11.8 Å². The van der Waals surface area contributed by atoms with Crippen molar-refractivity contribution in [2.75, 3.05) is 5.75 Å². The number of aromatic nitrogens is 2. The van der Waals surface area contributed by atoms with Crippen molar-refractivity contribution < 1.29 is 4.52 Å². The molecule has 0 aromatic carbocycles. The molecule has 96 valence electrons. The van der Waals surface area contributed by atoms with Crippen LogP contribution in [0.3, 0.4) is 0 Å². The molecule has 0 radical (unpaired) electrons. The normalized spacial score (nSPS) is 19.1. The van der Waals surface area contributed by atoms with Gasteiger partial charge in [0.1, 0.15) is 0 Å². The molecule has 5 heteroatoms. The lowest BCUT2D eigenvalue weighted by molar-refractivity contribution is 0.284. The number of hydrogen-bond donors (Lipinski definition) is 1. The number of thioether (sulfide) groups is 1. The maximum atomic E-state index is 6.27. The summed E-state index contributed by atoms with van der Waals surface area (Å²) in [5, 5.41) is 4.02. The molecular weight excluding hydrogens is 234 g/mol. The standard InChI is InChI=1S/C12H21N3OS/c1-9(2)7-17-8-10-14-11(16-15-10)12(13)5-3-4-6-12/h9H,3-8,13H2,1-2H3. The van der Waals surface area contributed by atoms with E-state index in [9.17, 15) is 0 Å². The molecule has 0 spiro atoms. The third-order valence-corrected chi connectivity index (χ3v) is 4.44. The van der Waals surface area contributed by atoms with Crippen molar-refractivity contribution >= 4 is 11.8 Å². The van der Waals surface area contributed by atoms with Crippen molar-refractivity contribution in [3.63, 3.8) is 0 Å². The van der Waals surface area contributed by atoms with Gasteiger partial charge in [0.15, 0.2) is 5.82 Å². The van der Waals surface area contributed by atoms with Crippen molar-refractivity contribution in [1.82, 2.24) is 10.1 Å². The second kappa shape index (κ2) is 5.40. The third-order valence-electron chi connectivity index (χ3n) is 3.07. The Morgan fingerprint density at radius 3 is 2.76 bits per heavy atom. The van der Waals surface area contributed by atoms with E-state index in [4.69, 9.17) is 10.3 Å². The zero-order valence-corrected chi connectivity index (χ0v) is 11.4. The van der Waals surface area contributed by atoms with Gasteiger partial charge in [-0.25, -0.2) is 0 Å². The summed E-state index contributed by atoms with van der Waals surface area (Å²) in [6, 6.07) is 0. The summed E-state index contributed by atoms with van der Waals surface area (Å²) in [5.41, 5.74) is 5.91. The summed E-state index contributed by atoms with van der Waals surface area (Å²) < 4.78 is 5.31. The van der Waals surface area contributed by atoms with E-state index < -0.39 is 0 Å². The predicted molar refractivity (Wildman–Crippen MR) is 69.6 cm³/mol. The summed E-state index contributed by atoms with van der Waals surface area (Å²) in [7, 11) is 0. The Hall–Kier alpha value is -0.550. The van der Waals surface area contributed by atoms with Crippen LogP contribution in [0.2, 0.25) is 0 Å². The van der Waals surface area contributed by atoms with Gasteiger partial charge in [-0.15, -0.1) is 0 Å². The Bertz CT molecular complexity index is 358. The minimum absolute atomic E-state index is 0.353. The summed E-state index contributed by atoms with van der Waals surface area (Å²) >= 11 is 1.84. The lowest BCUT2D eigenvalue weighted by atomic mass is 10.00. The molecule has 2 rings (SSSR count). The van der Waals surface area contributed by atoms with Crippen molar-refractivity contribution in [3.8, 4) is 0 Å². The molecule has 4 nitrogen and oxygen atoms in total. The highest BCUT2D eigenvalue weighted by Gasteiger charge is 2.36. The van der Waals surface area contributed by atoms with Crippen LogP contribution >= 0.6 is 11.8 Å². The number of nitrogens with two attached hydrogens (primary N) is 1. The topological polar surface area (TPSA) is 64.9 Å². The van der Waals surface area contributed by atoms with Gasteiger partial charge >= 0.3 is 0 Å². The largest absolute Gasteiger partial charge is 0.337 e. The van der Waals surface area contributed by atoms with Crippen LogP contribution in [-0.4, -0.2) is 15.9 Å². The molecule has 1 aliphatic carbocycles. The first-order valence-corrected chi connectivity index (χ1v) is 7.45. The quantitative estimate of drug-likeness (QED) is 0.876. The van der Waals surface area contributed by atoms with Crippen LogP contribution in [-0.2, 0) is 11.3 Å². The molecule has 0 aliphatic heterocycles. The van der Waals surface area contributed by atoms with Crippen LogP contribution in [0, 0.1) is 5.92 Å². The minimum atomic E-state index is -0.353. The van der Waals surface area contributed by atoms with Gasteiger partial charge in [0.05, 0.1) is 11.3 Å². The molecule has 0 bridgehead atoms. The molecule has 1 saturated carbocycles. The fourth-order valence-electron chi connectivity index (χ4n) is 2.12. The highest BCUT2D eigenvalue weighted by Crippen LogP contribution is 2.35. The van der Waals surface area contributed by atoms with Gasteiger partial charge in [-0.1, -0.05) is 31.8 Å². The van der Waals surface area contributed by atoms with Gasteiger partial charge in [0, 0.05) is 0 Å². The first kappa shape index (κ1) is 12.9. The Morgan fingerprint density at radius 1 is 1.41 bits per heavy atom. The van der Waals surface area contributed by atoms with Gasteiger partial charge in [-0.2, -0.15) is 16.7 Å². The van der Waals surface area contributed by atoms with E-state index in [0.29, 0.717) is 11.8 Å². The van der Waals surface area contributed by atoms with Crippen LogP contribution in [0.1, 0.15) is 51.2 Å². The third kappa shape index (κ3) is 3.22. The second-order valence-electron chi connectivity index (χ2n) is 5.29. The smallest absolute Gasteiger partial charge is 0.246 e. The van der Waals surface area contributed by atoms with E-state index in [-0.39, 0.29) is 5.54 Å². The molecule has 17 heavy (non-hydrogen) atoms. The zero-order chi connectivity index (χ0) is 12.3. The maximum Gasteiger partial charge on any atom is 0.246 e. The molecule has 1 heterocycles. The first-order chi connectivity index (χ1) is 8.10. The fourth-order valence-corrected chi connectivity index (χ4v) is 3.01. The molecule has 0 atom stereocenters. The Morgan fingerprint density at radius 2 is 2.12 bits per heavy atom. The lowest BCUT2D eigenvalue weighted by Crippen LogP contribution is -2.33. The van der Waals surface area contributed by atoms with E-state index in [1.54, 1.807) is 0 Å². The van der Waals surface area contributed by atoms with Crippen molar-refractivity contribution in [3.05, 3.63) is 11.7 Å². The highest BCUT2D eigenvalue weighted by molar-refractivity contribution is 7.98. The summed E-state index contributed by atoms with van der Waals surface area (Å²) in [5.74, 6) is 4.05. The van der Waals surface area contributed by atoms with Gasteiger partial charge in [-0.05, 0) is 24.5 Å². The molecule has 1 aliphatic rings. The van der Waals surface area contributed by atoms with Crippen molar-refractivity contribution in [1.29, 1.82) is 0 Å². The van der Waals surface area contributed by atoms with Gasteiger partial charge < -0.3 is 10.3 Å². The predicted octanol–water partition coefficient (Wildman–Crippen LogP) is 2.69. The van der Waals surface area contributed by atoms with E-state index in [1.165, 1.54) is 0 Å². The molecule has 1 fully saturated rings. The SMILES string of the molecule is CC(C)CSCc1noc(C2(N)CCCC2)n1. The Labute approximate surface area is 107 Å². The zero-order valence-electron chi connectivity index (χ0n) is 10.6. The molecule has 1 aromatic heterocycles. The van der Waals surface area contributed by atoms with Gasteiger partial charge in [0.25, 0.3) is 0 Å². The summed E-state index contributed by atoms with van der Waals surface area (Å²) in [4.78, 5) is 4.44. The Kier molecular flexibility index (Phi) is 4.09. The van der Waals surface area contributed by atoms with Crippen LogP contribution < -0.4 is 5.73 Å². The summed E-state index contributed by atoms with van der Waals surface area (Å²) in [6.45, 7) is 4.42. The van der Waals surface area contributed by atoms with Gasteiger partial charge in [0.2, 0.25) is 5.89 Å². The first-order valence-electron chi connectivity index (χ1n) is 6.30. The second-order valence-corrected chi connectivity index (χ2v) is 6.32. The van der Waals surface area contributed by atoms with Gasteiger partial charge in [-0.3, -0.25) is 0 Å². The summed E-state index contributed by atoms with van der Waals surface area (Å²) in [6.07, 6.45) is 4.26. The Balaban J connectivity index is 1.91. The van der Waals surface area contributed by atoms with Crippen molar-refractivity contribution in [2.24, 2.45) is 11.7 Å². The molecular formula is C12H21N3OS. The lowest BCUT2D eigenvalue weighted by Gasteiger charge is -2.17. The van der Waals surface area contributed by atoms with E-state index >= 15 is 0 Å². The average molecular weight is 255 g/mol. The molecule has 0 saturated heterocycles. The van der Waals surface area contributed by atoms with Crippen LogP contribution in [0.4, 0.5) is 0 Å². The maximum absolute atomic E-state index is 6.27. The highest BCUT2D eigenvalue weighted by atomic mass is 32.2. The van der Waals surface area contributed by atoms with E-state index in [2.05, 4.69) is 24.0 Å². The van der Waals surface area contributed by atoms with Crippen LogP contribution in [0.5, 0.6) is 0 Å². The average Bonchev–Trinajstić information content (AvgIpc) is 2.87. The number of nitrogens with zero attached hydrogens (tertiary/aromatic N) is 2. The molecule has 0 unspecified atom stereocenters. The molecule has 1 aromatic rings. The van der Waals surface area contributed by atoms with E-state index in [0.717, 1.165) is 43.0 Å².